The van der Waals surface area contributed by atoms with E-state index in [9.17, 15) is 18.0 Å². The van der Waals surface area contributed by atoms with Gasteiger partial charge in [-0.05, 0) is 37.3 Å². The van der Waals surface area contributed by atoms with Crippen molar-refractivity contribution in [3.05, 3.63) is 53.9 Å². The highest BCUT2D eigenvalue weighted by molar-refractivity contribution is 7.99. The molecule has 0 atom stereocenters. The lowest BCUT2D eigenvalue weighted by Gasteiger charge is -2.15. The Morgan fingerprint density at radius 2 is 1.94 bits per heavy atom. The van der Waals surface area contributed by atoms with E-state index in [4.69, 9.17) is 9.47 Å². The van der Waals surface area contributed by atoms with Gasteiger partial charge in [-0.15, -0.1) is 5.10 Å². The molecule has 0 spiro atoms. The number of methoxy groups -OCH3 is 1. The number of aromatic nitrogens is 4. The molecule has 1 N–H and O–H groups in total. The Bertz CT molecular complexity index is 1340. The van der Waals surface area contributed by atoms with Crippen LogP contribution in [0.15, 0.2) is 47.6 Å². The third-order valence-electron chi connectivity index (χ3n) is 4.71. The first-order chi connectivity index (χ1) is 16.3. The Kier molecular flexibility index (Phi) is 6.89. The molecule has 0 aliphatic carbocycles. The molecule has 12 heteroatoms. The average molecular weight is 491 g/mol. The van der Waals surface area contributed by atoms with E-state index < -0.39 is 17.6 Å². The number of benzene rings is 2. The van der Waals surface area contributed by atoms with E-state index in [1.54, 1.807) is 11.4 Å². The molecule has 4 aromatic rings. The summed E-state index contributed by atoms with van der Waals surface area (Å²) < 4.78 is 51.5. The molecular formula is C22H20F3N5O3S. The lowest BCUT2D eigenvalue weighted by molar-refractivity contribution is -0.137. The number of fused-ring (bicyclic) bond motifs is 3. The number of alkyl halides is 3. The van der Waals surface area contributed by atoms with Crippen LogP contribution in [0, 0.1) is 6.92 Å². The minimum absolute atomic E-state index is 0.0789. The molecule has 178 valence electrons. The topological polar surface area (TPSA) is 90.6 Å². The van der Waals surface area contributed by atoms with Crippen molar-refractivity contribution < 1.29 is 27.4 Å². The zero-order valence-corrected chi connectivity index (χ0v) is 19.0. The van der Waals surface area contributed by atoms with Crippen LogP contribution in [-0.2, 0) is 15.7 Å². The number of halogens is 3. The van der Waals surface area contributed by atoms with Gasteiger partial charge in [0.15, 0.2) is 10.8 Å². The summed E-state index contributed by atoms with van der Waals surface area (Å²) in [6, 6.07) is 10.3. The van der Waals surface area contributed by atoms with Gasteiger partial charge in [0.25, 0.3) is 0 Å². The maximum absolute atomic E-state index is 13.2. The summed E-state index contributed by atoms with van der Waals surface area (Å²) >= 11 is 1.10. The van der Waals surface area contributed by atoms with Crippen molar-refractivity contribution in [2.45, 2.75) is 18.3 Å². The number of anilines is 1. The van der Waals surface area contributed by atoms with Gasteiger partial charge in [-0.2, -0.15) is 17.7 Å². The smallest absolute Gasteiger partial charge is 0.416 e. The molecule has 34 heavy (non-hydrogen) atoms. The van der Waals surface area contributed by atoms with E-state index in [1.165, 1.54) is 13.2 Å². The molecule has 0 bridgehead atoms. The van der Waals surface area contributed by atoms with Gasteiger partial charge in [0.1, 0.15) is 18.2 Å². The average Bonchev–Trinajstić information content (AvgIpc) is 3.19. The molecular weight excluding hydrogens is 471 g/mol. The van der Waals surface area contributed by atoms with Crippen LogP contribution in [0.4, 0.5) is 18.9 Å². The highest BCUT2D eigenvalue weighted by atomic mass is 32.2. The fourth-order valence-corrected chi connectivity index (χ4v) is 3.95. The van der Waals surface area contributed by atoms with Crippen LogP contribution in [0.3, 0.4) is 0 Å². The Morgan fingerprint density at radius 1 is 1.15 bits per heavy atom. The zero-order chi connectivity index (χ0) is 24.3. The summed E-state index contributed by atoms with van der Waals surface area (Å²) in [5.74, 6) is 0.0151. The summed E-state index contributed by atoms with van der Waals surface area (Å²) in [6.07, 6.45) is -4.56. The van der Waals surface area contributed by atoms with Crippen molar-refractivity contribution in [1.82, 2.24) is 19.6 Å². The molecule has 0 aliphatic heterocycles. The number of para-hydroxylation sites is 1. The third kappa shape index (κ3) is 5.23. The van der Waals surface area contributed by atoms with Crippen LogP contribution in [0.1, 0.15) is 11.4 Å². The standard InChI is InChI=1S/C22H20F3N5O3S/c1-13-26-20-15-5-3-4-6-16(15)28-21(30(20)29-13)34-12-19(31)27-17-11-14(22(23,24)25)7-8-18(17)33-10-9-32-2/h3-8,11H,9-10,12H2,1-2H3,(H,27,31). The lowest BCUT2D eigenvalue weighted by atomic mass is 10.1. The number of amides is 1. The molecule has 4 rings (SSSR count). The van der Waals surface area contributed by atoms with E-state index >= 15 is 0 Å². The summed E-state index contributed by atoms with van der Waals surface area (Å²) in [4.78, 5) is 21.7. The normalized spacial score (nSPS) is 11.8. The third-order valence-corrected chi connectivity index (χ3v) is 5.64. The molecule has 0 fully saturated rings. The molecule has 0 saturated carbocycles. The van der Waals surface area contributed by atoms with Crippen molar-refractivity contribution in [3.63, 3.8) is 0 Å². The minimum Gasteiger partial charge on any atom is -0.489 e. The fraction of sp³-hybridized carbons (Fsp3) is 0.273. The van der Waals surface area contributed by atoms with Gasteiger partial charge in [0.2, 0.25) is 5.91 Å². The zero-order valence-electron chi connectivity index (χ0n) is 18.2. The Hall–Kier alpha value is -3.38. The first kappa shape index (κ1) is 23.8. The maximum atomic E-state index is 13.2. The quantitative estimate of drug-likeness (QED) is 0.223. The molecule has 0 radical (unpaired) electrons. The van der Waals surface area contributed by atoms with Gasteiger partial charge < -0.3 is 14.8 Å². The first-order valence-corrected chi connectivity index (χ1v) is 11.1. The van der Waals surface area contributed by atoms with E-state index in [-0.39, 0.29) is 30.4 Å². The fourth-order valence-electron chi connectivity index (χ4n) is 3.21. The summed E-state index contributed by atoms with van der Waals surface area (Å²) in [6.45, 7) is 2.11. The largest absolute Gasteiger partial charge is 0.489 e. The van der Waals surface area contributed by atoms with Gasteiger partial charge in [0, 0.05) is 12.5 Å². The molecule has 2 aromatic heterocycles. The second-order valence-electron chi connectivity index (χ2n) is 7.19. The molecule has 2 heterocycles. The summed E-state index contributed by atoms with van der Waals surface area (Å²) in [5.41, 5.74) is 0.324. The van der Waals surface area contributed by atoms with Gasteiger partial charge >= 0.3 is 6.18 Å². The van der Waals surface area contributed by atoms with Crippen LogP contribution in [0.5, 0.6) is 5.75 Å². The lowest BCUT2D eigenvalue weighted by Crippen LogP contribution is -2.17. The van der Waals surface area contributed by atoms with E-state index in [1.807, 2.05) is 24.3 Å². The molecule has 8 nitrogen and oxygen atoms in total. The molecule has 0 unspecified atom stereocenters. The monoisotopic (exact) mass is 491 g/mol. The van der Waals surface area contributed by atoms with Gasteiger partial charge in [0.05, 0.1) is 29.1 Å². The van der Waals surface area contributed by atoms with Crippen molar-refractivity contribution in [1.29, 1.82) is 0 Å². The number of ether oxygens (including phenoxy) is 2. The minimum atomic E-state index is -4.56. The van der Waals surface area contributed by atoms with E-state index in [0.717, 1.165) is 29.3 Å². The second kappa shape index (κ2) is 9.85. The van der Waals surface area contributed by atoms with Crippen molar-refractivity contribution in [2.24, 2.45) is 0 Å². The second-order valence-corrected chi connectivity index (χ2v) is 8.14. The number of nitrogens with one attached hydrogen (secondary N) is 1. The van der Waals surface area contributed by atoms with E-state index in [0.29, 0.717) is 22.1 Å². The molecule has 2 aromatic carbocycles. The van der Waals surface area contributed by atoms with Crippen molar-refractivity contribution in [2.75, 3.05) is 31.4 Å². The highest BCUT2D eigenvalue weighted by Crippen LogP contribution is 2.35. The summed E-state index contributed by atoms with van der Waals surface area (Å²) in [7, 11) is 1.48. The first-order valence-electron chi connectivity index (χ1n) is 10.1. The van der Waals surface area contributed by atoms with Crippen molar-refractivity contribution >= 4 is 39.9 Å². The van der Waals surface area contributed by atoms with Gasteiger partial charge in [-0.1, -0.05) is 23.9 Å². The Balaban J connectivity index is 1.55. The number of carbonyl (C=O) groups is 1. The predicted octanol–water partition coefficient (Wildman–Crippen LogP) is 4.36. The SMILES string of the molecule is COCCOc1ccc(C(F)(F)F)cc1NC(=O)CSc1nc2ccccc2c2nc(C)nn12. The number of hydrogen-bond donors (Lipinski definition) is 1. The molecule has 0 saturated heterocycles. The van der Waals surface area contributed by atoms with E-state index in [2.05, 4.69) is 20.4 Å². The highest BCUT2D eigenvalue weighted by Gasteiger charge is 2.31. The Morgan fingerprint density at radius 3 is 2.71 bits per heavy atom. The van der Waals surface area contributed by atoms with Crippen LogP contribution in [0.25, 0.3) is 16.6 Å². The van der Waals surface area contributed by atoms with Crippen LogP contribution in [-0.4, -0.2) is 51.6 Å². The maximum Gasteiger partial charge on any atom is 0.416 e. The number of hydrogen-bond acceptors (Lipinski definition) is 7. The summed E-state index contributed by atoms with van der Waals surface area (Å²) in [5, 5.41) is 8.12. The number of carbonyl (C=O) groups excluding carboxylic acids is 1. The number of thioether (sulfide) groups is 1. The van der Waals surface area contributed by atoms with Crippen LogP contribution < -0.4 is 10.1 Å². The molecule has 1 amide bonds. The van der Waals surface area contributed by atoms with Crippen LogP contribution >= 0.6 is 11.8 Å². The number of rotatable bonds is 8. The van der Waals surface area contributed by atoms with Crippen molar-refractivity contribution in [3.8, 4) is 5.75 Å². The predicted molar refractivity (Wildman–Crippen MR) is 121 cm³/mol. The number of nitrogens with zero attached hydrogens (tertiary/aromatic N) is 4. The van der Waals surface area contributed by atoms with Gasteiger partial charge in [-0.3, -0.25) is 4.79 Å². The number of aryl methyl sites for hydroxylation is 1. The van der Waals surface area contributed by atoms with Crippen LogP contribution in [0.2, 0.25) is 0 Å². The molecule has 0 aliphatic rings. The Labute approximate surface area is 196 Å². The van der Waals surface area contributed by atoms with Gasteiger partial charge in [-0.25, -0.2) is 9.97 Å².